The van der Waals surface area contributed by atoms with Gasteiger partial charge in [0.25, 0.3) is 0 Å². The topological polar surface area (TPSA) is 47.0 Å². The smallest absolute Gasteiger partial charge is 0.319 e. The third-order valence-corrected chi connectivity index (χ3v) is 2.01. The van der Waals surface area contributed by atoms with Gasteiger partial charge < -0.3 is 10.1 Å². The highest BCUT2D eigenvalue weighted by molar-refractivity contribution is 6.29. The summed E-state index contributed by atoms with van der Waals surface area (Å²) in [5, 5.41) is 3.37. The van der Waals surface area contributed by atoms with Gasteiger partial charge in [-0.1, -0.05) is 30.3 Å². The van der Waals surface area contributed by atoms with E-state index in [0.717, 1.165) is 5.70 Å². The number of halogens is 1. The second-order valence-corrected chi connectivity index (χ2v) is 3.43. The molecule has 0 saturated carbocycles. The molecule has 0 aliphatic heterocycles. The van der Waals surface area contributed by atoms with E-state index in [1.54, 1.807) is 12.1 Å². The predicted molar refractivity (Wildman–Crippen MR) is 70.3 cm³/mol. The second-order valence-electron chi connectivity index (χ2n) is 3.04. The summed E-state index contributed by atoms with van der Waals surface area (Å²) in [5.41, 5.74) is 0.805. The van der Waals surface area contributed by atoms with E-state index in [1.165, 1.54) is 7.11 Å². The van der Waals surface area contributed by atoms with Crippen LogP contribution in [-0.4, -0.2) is 17.1 Å². The molecule has 90 valence electrons. The molecule has 17 heavy (non-hydrogen) atoms. The maximum absolute atomic E-state index is 5.83. The van der Waals surface area contributed by atoms with Crippen LogP contribution < -0.4 is 10.1 Å². The Labute approximate surface area is 106 Å². The van der Waals surface area contributed by atoms with Crippen LogP contribution in [-0.2, 0) is 0 Å². The van der Waals surface area contributed by atoms with Gasteiger partial charge in [0.2, 0.25) is 0 Å². The molecule has 0 unspecified atom stereocenters. The van der Waals surface area contributed by atoms with Gasteiger partial charge in [-0.05, 0) is 19.1 Å². The largest absolute Gasteiger partial charge is 0.467 e. The fourth-order valence-corrected chi connectivity index (χ4v) is 1.24. The number of hydrogen-bond acceptors (Lipinski definition) is 4. The fraction of sp³-hybridized carbons (Fsp3) is 0.167. The predicted octanol–water partition coefficient (Wildman–Crippen LogP) is 3.20. The first-order chi connectivity index (χ1) is 8.19. The highest BCUT2D eigenvalue weighted by atomic mass is 35.5. The molecule has 0 radical (unpaired) electrons. The van der Waals surface area contributed by atoms with Crippen molar-refractivity contribution in [2.45, 2.75) is 6.92 Å². The highest BCUT2D eigenvalue weighted by Gasteiger charge is 2.03. The zero-order valence-electron chi connectivity index (χ0n) is 9.77. The van der Waals surface area contributed by atoms with Crippen molar-refractivity contribution in [3.63, 3.8) is 0 Å². The summed E-state index contributed by atoms with van der Waals surface area (Å²) in [6, 6.07) is 1.83. The molecular weight excluding hydrogens is 238 g/mol. The lowest BCUT2D eigenvalue weighted by Gasteiger charge is -2.07. The van der Waals surface area contributed by atoms with Crippen LogP contribution in [0.25, 0.3) is 0 Å². The molecular formula is C12H14ClN3O. The van der Waals surface area contributed by atoms with E-state index in [9.17, 15) is 0 Å². The summed E-state index contributed by atoms with van der Waals surface area (Å²) >= 11 is 5.83. The maximum atomic E-state index is 5.83. The van der Waals surface area contributed by atoms with Crippen molar-refractivity contribution in [1.29, 1.82) is 0 Å². The minimum Gasteiger partial charge on any atom is -0.467 e. The van der Waals surface area contributed by atoms with Gasteiger partial charge in [-0.2, -0.15) is 9.97 Å². The molecule has 0 atom stereocenters. The van der Waals surface area contributed by atoms with Crippen molar-refractivity contribution in [3.8, 4) is 6.01 Å². The van der Waals surface area contributed by atoms with Crippen LogP contribution in [0.5, 0.6) is 6.01 Å². The van der Waals surface area contributed by atoms with Crippen molar-refractivity contribution >= 4 is 17.4 Å². The SMILES string of the molecule is C=C/C(=C\C=C/C)Nc1cc(Cl)nc(OC)n1. The van der Waals surface area contributed by atoms with E-state index in [4.69, 9.17) is 16.3 Å². The number of anilines is 1. The maximum Gasteiger partial charge on any atom is 0.319 e. The number of nitrogens with one attached hydrogen (secondary N) is 1. The summed E-state index contributed by atoms with van der Waals surface area (Å²) in [4.78, 5) is 7.99. The number of rotatable bonds is 5. The van der Waals surface area contributed by atoms with Gasteiger partial charge in [-0.15, -0.1) is 0 Å². The average Bonchev–Trinajstić information content (AvgIpc) is 2.33. The molecule has 1 aromatic rings. The average molecular weight is 252 g/mol. The summed E-state index contributed by atoms with van der Waals surface area (Å²) in [6.45, 7) is 5.64. The van der Waals surface area contributed by atoms with Crippen LogP contribution in [0.15, 0.2) is 42.6 Å². The van der Waals surface area contributed by atoms with Crippen LogP contribution >= 0.6 is 11.6 Å². The first-order valence-corrected chi connectivity index (χ1v) is 5.38. The van der Waals surface area contributed by atoms with Crippen molar-refractivity contribution in [1.82, 2.24) is 9.97 Å². The Bertz CT molecular complexity index is 455. The van der Waals surface area contributed by atoms with Crippen molar-refractivity contribution < 1.29 is 4.74 Å². The molecule has 5 heteroatoms. The van der Waals surface area contributed by atoms with E-state index in [-0.39, 0.29) is 6.01 Å². The molecule has 1 aromatic heterocycles. The number of allylic oxidation sites excluding steroid dienone is 4. The Kier molecular flexibility index (Phi) is 5.23. The van der Waals surface area contributed by atoms with Gasteiger partial charge in [-0.25, -0.2) is 0 Å². The van der Waals surface area contributed by atoms with Crippen LogP contribution in [0.1, 0.15) is 6.92 Å². The van der Waals surface area contributed by atoms with Crippen LogP contribution in [0.3, 0.4) is 0 Å². The second kappa shape index (κ2) is 6.70. The molecule has 0 bridgehead atoms. The Hall–Kier alpha value is -1.81. The highest BCUT2D eigenvalue weighted by Crippen LogP contribution is 2.17. The van der Waals surface area contributed by atoms with Crippen LogP contribution in [0, 0.1) is 0 Å². The van der Waals surface area contributed by atoms with Crippen molar-refractivity contribution in [2.75, 3.05) is 12.4 Å². The molecule has 0 aromatic carbocycles. The van der Waals surface area contributed by atoms with Crippen LogP contribution in [0.2, 0.25) is 5.15 Å². The monoisotopic (exact) mass is 251 g/mol. The van der Waals surface area contributed by atoms with E-state index < -0.39 is 0 Å². The van der Waals surface area contributed by atoms with Crippen molar-refractivity contribution in [3.05, 3.63) is 47.8 Å². The molecule has 4 nitrogen and oxygen atoms in total. The Morgan fingerprint density at radius 1 is 1.53 bits per heavy atom. The van der Waals surface area contributed by atoms with Gasteiger partial charge in [0.15, 0.2) is 0 Å². The zero-order valence-corrected chi connectivity index (χ0v) is 10.5. The third kappa shape index (κ3) is 4.28. The summed E-state index contributed by atoms with van der Waals surface area (Å²) in [7, 11) is 1.49. The van der Waals surface area contributed by atoms with Gasteiger partial charge in [0, 0.05) is 11.8 Å². The summed E-state index contributed by atoms with van der Waals surface area (Å²) in [5.74, 6) is 0.553. The molecule has 0 spiro atoms. The third-order valence-electron chi connectivity index (χ3n) is 1.82. The summed E-state index contributed by atoms with van der Waals surface area (Å²) < 4.78 is 4.93. The Morgan fingerprint density at radius 3 is 2.88 bits per heavy atom. The number of methoxy groups -OCH3 is 1. The lowest BCUT2D eigenvalue weighted by Crippen LogP contribution is -2.01. The lowest BCUT2D eigenvalue weighted by molar-refractivity contribution is 0.380. The first kappa shape index (κ1) is 13.3. The fourth-order valence-electron chi connectivity index (χ4n) is 1.06. The van der Waals surface area contributed by atoms with Crippen molar-refractivity contribution in [2.24, 2.45) is 0 Å². The Morgan fingerprint density at radius 2 is 2.29 bits per heavy atom. The zero-order chi connectivity index (χ0) is 12.7. The van der Waals surface area contributed by atoms with Gasteiger partial charge in [0.05, 0.1) is 7.11 Å². The molecule has 1 rings (SSSR count). The lowest BCUT2D eigenvalue weighted by atomic mass is 10.3. The summed E-state index contributed by atoms with van der Waals surface area (Å²) in [6.07, 6.45) is 7.36. The number of aromatic nitrogens is 2. The number of hydrogen-bond donors (Lipinski definition) is 1. The minimum atomic E-state index is 0.217. The molecule has 0 aliphatic rings. The molecule has 0 amide bonds. The molecule has 1 heterocycles. The first-order valence-electron chi connectivity index (χ1n) is 5.00. The minimum absolute atomic E-state index is 0.217. The molecule has 1 N–H and O–H groups in total. The molecule has 0 saturated heterocycles. The molecule has 0 fully saturated rings. The quantitative estimate of drug-likeness (QED) is 0.645. The number of ether oxygens (including phenoxy) is 1. The van der Waals surface area contributed by atoms with E-state index in [1.807, 2.05) is 25.2 Å². The van der Waals surface area contributed by atoms with Crippen LogP contribution in [0.4, 0.5) is 5.82 Å². The van der Waals surface area contributed by atoms with E-state index in [0.29, 0.717) is 11.0 Å². The normalized spacial score (nSPS) is 11.6. The van der Waals surface area contributed by atoms with E-state index >= 15 is 0 Å². The number of nitrogens with zero attached hydrogens (tertiary/aromatic N) is 2. The Balaban J connectivity index is 2.93. The van der Waals surface area contributed by atoms with Gasteiger partial charge >= 0.3 is 6.01 Å². The standard InChI is InChI=1S/C12H14ClN3O/c1-4-6-7-9(5-2)14-11-8-10(13)15-12(16-11)17-3/h4-8H,2H2,1,3H3,(H,14,15,16)/b6-4-,9-7+. The molecule has 0 aliphatic carbocycles. The van der Waals surface area contributed by atoms with E-state index in [2.05, 4.69) is 21.9 Å². The van der Waals surface area contributed by atoms with Gasteiger partial charge in [-0.3, -0.25) is 0 Å². The van der Waals surface area contributed by atoms with Gasteiger partial charge in [0.1, 0.15) is 11.0 Å².